The summed E-state index contributed by atoms with van der Waals surface area (Å²) in [4.78, 5) is 274. The fourth-order valence-electron chi connectivity index (χ4n) is 11.7. The van der Waals surface area contributed by atoms with Gasteiger partial charge in [0.15, 0.2) is 45.3 Å². The van der Waals surface area contributed by atoms with Gasteiger partial charge in [-0.2, -0.15) is 19.9 Å². The molecule has 119 heavy (non-hydrogen) atoms. The molecule has 0 bridgehead atoms. The number of aromatic amines is 2. The van der Waals surface area contributed by atoms with E-state index in [0.29, 0.717) is 0 Å². The summed E-state index contributed by atoms with van der Waals surface area (Å²) in [6.45, 7) is -11.3. The lowest BCUT2D eigenvalue weighted by Gasteiger charge is -2.26. The molecular weight excluding hydrogens is 1570 g/mol. The van der Waals surface area contributed by atoms with Crippen LogP contribution in [0.2, 0.25) is 0 Å². The Balaban J connectivity index is 0.795. The van der Waals surface area contributed by atoms with Crippen molar-refractivity contribution < 1.29 is 57.5 Å². The molecule has 0 saturated heterocycles. The van der Waals surface area contributed by atoms with Crippen LogP contribution in [-0.2, 0) is 96.8 Å². The molecular formula is C64H81N39O16. The summed E-state index contributed by atoms with van der Waals surface area (Å²) in [7, 11) is 0. The Morgan fingerprint density at radius 3 is 0.916 bits per heavy atom. The van der Waals surface area contributed by atoms with Crippen LogP contribution in [0.1, 0.15) is 0 Å². The molecule has 0 atom stereocenters. The highest BCUT2D eigenvalue weighted by atomic mass is 16.2. The first-order valence-corrected chi connectivity index (χ1v) is 35.8. The first-order valence-electron chi connectivity index (χ1n) is 35.8. The average Bonchev–Trinajstić information content (AvgIpc) is 1.68. The quantitative estimate of drug-likeness (QED) is 0.0169. The lowest BCUT2D eigenvalue weighted by atomic mass is 10.3. The molecule has 628 valence electrons. The highest BCUT2D eigenvalue weighted by Gasteiger charge is 2.28. The maximum atomic E-state index is 14.4. The van der Waals surface area contributed by atoms with Gasteiger partial charge in [0.1, 0.15) is 74.6 Å². The van der Waals surface area contributed by atoms with Crippen LogP contribution in [0.5, 0.6) is 0 Å². The maximum Gasteiger partial charge on any atom is 0.349 e. The molecule has 0 radical (unpaired) electrons. The first kappa shape index (κ1) is 85.4. The van der Waals surface area contributed by atoms with Gasteiger partial charge in [-0.1, -0.05) is 0 Å². The van der Waals surface area contributed by atoms with Crippen molar-refractivity contribution in [3.63, 3.8) is 0 Å². The molecule has 0 aliphatic carbocycles. The number of anilines is 6. The third-order valence-corrected chi connectivity index (χ3v) is 17.5. The molecule has 55 heteroatoms. The van der Waals surface area contributed by atoms with Crippen LogP contribution in [0.4, 0.5) is 35.2 Å². The van der Waals surface area contributed by atoms with Crippen molar-refractivity contribution in [1.29, 1.82) is 0 Å². The van der Waals surface area contributed by atoms with E-state index in [0.717, 1.165) is 63.8 Å². The fraction of sp³-hybridized carbons (Fsp3) is 0.375. The molecule has 0 spiro atoms. The number of nitrogens with two attached hydrogens (primary N) is 8. The zero-order chi connectivity index (χ0) is 85.7. The van der Waals surface area contributed by atoms with E-state index in [4.69, 9.17) is 45.9 Å². The minimum Gasteiger partial charge on any atom is -0.383 e. The monoisotopic (exact) mass is 1650 g/mol. The number of carbonyl (C=O) groups is 12. The highest BCUT2D eigenvalue weighted by molar-refractivity contribution is 5.91. The summed E-state index contributed by atoms with van der Waals surface area (Å²) >= 11 is 0. The normalized spacial score (nSPS) is 11.1. The topological polar surface area (TPSA) is 777 Å². The number of imidazole rings is 4. The number of amides is 12. The number of nitrogens with one attached hydrogen (secondary N) is 7. The van der Waals surface area contributed by atoms with Gasteiger partial charge >= 0.3 is 11.4 Å². The van der Waals surface area contributed by atoms with E-state index in [-0.39, 0.29) is 132 Å². The van der Waals surface area contributed by atoms with Crippen LogP contribution < -0.4 is 95.0 Å². The van der Waals surface area contributed by atoms with Crippen LogP contribution in [0.3, 0.4) is 0 Å². The zero-order valence-electron chi connectivity index (χ0n) is 63.1. The second-order valence-corrected chi connectivity index (χ2v) is 26.0. The largest absolute Gasteiger partial charge is 0.383 e. The van der Waals surface area contributed by atoms with Crippen molar-refractivity contribution in [2.45, 2.75) is 39.3 Å². The molecule has 55 nitrogen and oxygen atoms in total. The van der Waals surface area contributed by atoms with E-state index in [1.807, 2.05) is 0 Å². The zero-order valence-corrected chi connectivity index (χ0v) is 63.1. The van der Waals surface area contributed by atoms with Gasteiger partial charge in [0.05, 0.1) is 64.6 Å². The Morgan fingerprint density at radius 1 is 0.345 bits per heavy atom. The molecule has 0 aromatic carbocycles. The van der Waals surface area contributed by atoms with Crippen molar-refractivity contribution >= 4 is 151 Å². The number of H-pyrrole nitrogens is 2. The molecule has 12 amide bonds. The number of hydrogen-bond acceptors (Lipinski definition) is 35. The van der Waals surface area contributed by atoms with Crippen LogP contribution in [0.25, 0.3) is 44.7 Å². The fourth-order valence-corrected chi connectivity index (χ4v) is 11.7. The summed E-state index contributed by atoms with van der Waals surface area (Å²) in [6, 6.07) is 2.54. The Morgan fingerprint density at radius 2 is 0.622 bits per heavy atom. The van der Waals surface area contributed by atoms with Gasteiger partial charge in [0.25, 0.3) is 11.1 Å². The number of hydrogen-bond donors (Lipinski definition) is 15. The third-order valence-electron chi connectivity index (χ3n) is 17.5. The summed E-state index contributed by atoms with van der Waals surface area (Å²) in [5.41, 5.74) is 43.0. The Kier molecular flexibility index (Phi) is 28.1. The van der Waals surface area contributed by atoms with E-state index in [1.54, 1.807) is 0 Å². The first-order chi connectivity index (χ1) is 56.9. The maximum absolute atomic E-state index is 14.4. The summed E-state index contributed by atoms with van der Waals surface area (Å²) in [6.07, 6.45) is 9.52. The summed E-state index contributed by atoms with van der Waals surface area (Å²) in [5.74, 6) is -10.3. The van der Waals surface area contributed by atoms with E-state index in [1.165, 1.54) is 55.4 Å². The minimum absolute atomic E-state index is 0.000744. The number of primary amides is 1. The molecule has 0 saturated carbocycles. The molecule has 0 unspecified atom stereocenters. The van der Waals surface area contributed by atoms with Crippen molar-refractivity contribution in [2.24, 2.45) is 11.5 Å². The van der Waals surface area contributed by atoms with E-state index in [2.05, 4.69) is 96.4 Å². The Bertz CT molecular complexity index is 5770. The van der Waals surface area contributed by atoms with E-state index < -0.39 is 198 Å². The van der Waals surface area contributed by atoms with Crippen LogP contribution in [-0.4, -0.2) is 315 Å². The number of nitrogen functional groups attached to an aromatic ring is 6. The van der Waals surface area contributed by atoms with Crippen LogP contribution >= 0.6 is 0 Å². The predicted octanol–water partition coefficient (Wildman–Crippen LogP) is -13.1. The molecule has 10 aromatic rings. The third kappa shape index (κ3) is 22.9. The van der Waals surface area contributed by atoms with Gasteiger partial charge in [0.2, 0.25) is 82.8 Å². The molecule has 10 rings (SSSR count). The van der Waals surface area contributed by atoms with Crippen LogP contribution in [0.15, 0.2) is 81.7 Å². The van der Waals surface area contributed by atoms with Crippen molar-refractivity contribution in [2.75, 3.05) is 152 Å². The molecule has 0 aliphatic heterocycles. The highest BCUT2D eigenvalue weighted by Crippen LogP contribution is 2.17. The molecule has 10 heterocycles. The molecule has 0 aliphatic rings. The van der Waals surface area contributed by atoms with Gasteiger partial charge in [0, 0.05) is 90.9 Å². The van der Waals surface area contributed by atoms with Gasteiger partial charge in [-0.25, -0.2) is 49.5 Å². The number of aromatic nitrogens is 20. The van der Waals surface area contributed by atoms with Crippen molar-refractivity contribution in [3.05, 3.63) is 104 Å². The lowest BCUT2D eigenvalue weighted by Crippen LogP contribution is -2.50. The van der Waals surface area contributed by atoms with Gasteiger partial charge in [-0.05, 0) is 12.1 Å². The Hall–Kier alpha value is -16.0. The predicted molar refractivity (Wildman–Crippen MR) is 413 cm³/mol. The van der Waals surface area contributed by atoms with E-state index in [9.17, 15) is 76.7 Å². The van der Waals surface area contributed by atoms with Gasteiger partial charge < -0.3 is 120 Å². The van der Waals surface area contributed by atoms with Gasteiger partial charge in [-0.3, -0.25) is 86.2 Å². The lowest BCUT2D eigenvalue weighted by molar-refractivity contribution is -0.138. The SMILES string of the molecule is NCCN(CC(=O)NCCN(CC(=O)NCCN(CC(=O)NCCN(CC(=O)NCCN(CC(=O)NCCN(CC(N)=O)C(=O)Cn1cnc2c(=O)[nH]c(N)nc21)C(=O)Cn1cnc2c(N)ncnc21)C(=O)Cn1ccc(N)nc1=O)C(=O)Cn1cnc2c(=O)[nH]c(N)nc21)C(=O)Cn1cnc2c(N)ncnc21)C(=O)Cn1ccc(N)nc1=O. The molecule has 10 aromatic heterocycles. The van der Waals surface area contributed by atoms with Crippen molar-refractivity contribution in [3.8, 4) is 0 Å². The van der Waals surface area contributed by atoms with Crippen molar-refractivity contribution in [1.82, 2.24) is 153 Å². The summed E-state index contributed by atoms with van der Waals surface area (Å²) in [5, 5.41) is 13.0. The Labute approximate surface area is 666 Å². The van der Waals surface area contributed by atoms with E-state index >= 15 is 0 Å². The molecule has 23 N–H and O–H groups in total. The smallest absolute Gasteiger partial charge is 0.349 e. The second kappa shape index (κ2) is 39.1. The standard InChI is InChI=1S/C64H81N39O16/c65-3-11-92(43(110)23-98-9-1-35(66)86-63(98)118)18-38(105)74-6-14-95(46(113)25-100-31-82-49-53(69)78-29-80-55(49)100)21-41(108)77-8-16-97(48(115)28-103-34-85-52-58(103)89-62(72)91-60(52)117)22-42(109)75-5-13-94(44(111)24-99-10-2-36(67)87-64(99)119)19-39(106)76-7-15-96(47(114)26-101-32-83-50-54(70)79-30-81-56(50)101)20-40(107)73-4-12-93(17-37(68)104)45(112)27-102-33-84-51-57(102)88-61(71)90-59(51)116/h1-2,9-10,29-34H,3-8,11-28,65H2,(H2,68,104)(H,73,107)(H,74,105)(H,75,109)(H,76,106)(H,77,108)(H2,66,86,118)(H2,67,87,119)(H2,69,78,80)(H2,70,79,81)(H3,71,88,90,116)(H3,72,89,91,117). The van der Waals surface area contributed by atoms with Crippen LogP contribution in [0, 0.1) is 0 Å². The molecule has 0 fully saturated rings. The second-order valence-electron chi connectivity index (χ2n) is 26.0. The van der Waals surface area contributed by atoms with Gasteiger partial charge in [-0.15, -0.1) is 0 Å². The number of fused-ring (bicyclic) bond motifs is 4. The average molecular weight is 1650 g/mol. The number of carbonyl (C=O) groups excluding carboxylic acids is 12. The number of nitrogens with zero attached hydrogens (tertiary/aromatic N) is 24. The summed E-state index contributed by atoms with van der Waals surface area (Å²) < 4.78 is 6.91. The number of rotatable bonds is 41. The minimum atomic E-state index is -0.945.